The van der Waals surface area contributed by atoms with Gasteiger partial charge in [-0.05, 0) is 18.4 Å². The van der Waals surface area contributed by atoms with E-state index in [0.717, 1.165) is 16.6 Å². The minimum Gasteiger partial charge on any atom is -0.380 e. The number of benzene rings is 1. The summed E-state index contributed by atoms with van der Waals surface area (Å²) in [5.41, 5.74) is 2.26. The molecule has 3 nitrogen and oxygen atoms in total. The van der Waals surface area contributed by atoms with Crippen LogP contribution >= 0.6 is 11.8 Å². The van der Waals surface area contributed by atoms with Crippen molar-refractivity contribution >= 4 is 22.6 Å². The number of hydrogen-bond acceptors (Lipinski definition) is 4. The number of rotatable bonds is 4. The largest absolute Gasteiger partial charge is 0.380 e. The fourth-order valence-electron chi connectivity index (χ4n) is 2.12. The molecule has 104 valence electrons. The highest BCUT2D eigenvalue weighted by atomic mass is 32.2. The third kappa shape index (κ3) is 3.98. The van der Waals surface area contributed by atoms with Gasteiger partial charge in [-0.15, -0.1) is 0 Å². The van der Waals surface area contributed by atoms with E-state index in [1.807, 2.05) is 12.1 Å². The zero-order valence-corrected chi connectivity index (χ0v) is 12.7. The van der Waals surface area contributed by atoms with Crippen LogP contribution in [-0.2, 0) is 11.3 Å². The van der Waals surface area contributed by atoms with Crippen LogP contribution in [0.1, 0.15) is 25.8 Å². The lowest BCUT2D eigenvalue weighted by Crippen LogP contribution is -2.24. The molecule has 0 aliphatic carbocycles. The van der Waals surface area contributed by atoms with Crippen molar-refractivity contribution in [3.05, 3.63) is 29.8 Å². The molecule has 4 heteroatoms. The standard InChI is InChI=1S/C15H22N2OS/c1-11(2)13-8-9-19-15(16-13)17-14-7-5-4-6-12(14)10-18-3/h4-7,11,13H,8-10H2,1-3H3,(H,16,17). The molecule has 0 fully saturated rings. The van der Waals surface area contributed by atoms with E-state index < -0.39 is 0 Å². The molecule has 1 aromatic rings. The Bertz CT molecular complexity index is 446. The monoisotopic (exact) mass is 278 g/mol. The summed E-state index contributed by atoms with van der Waals surface area (Å²) in [7, 11) is 1.72. The molecule has 1 aromatic carbocycles. The number of para-hydroxylation sites is 1. The molecule has 1 N–H and O–H groups in total. The topological polar surface area (TPSA) is 33.6 Å². The molecule has 1 atom stereocenters. The Morgan fingerprint density at radius 1 is 1.42 bits per heavy atom. The molecular weight excluding hydrogens is 256 g/mol. The Balaban J connectivity index is 2.12. The van der Waals surface area contributed by atoms with Crippen LogP contribution in [0.15, 0.2) is 29.3 Å². The quantitative estimate of drug-likeness (QED) is 0.910. The van der Waals surface area contributed by atoms with Crippen LogP contribution in [0.25, 0.3) is 0 Å². The van der Waals surface area contributed by atoms with Crippen molar-refractivity contribution in [2.75, 3.05) is 18.2 Å². The van der Waals surface area contributed by atoms with Crippen LogP contribution in [0.5, 0.6) is 0 Å². The van der Waals surface area contributed by atoms with E-state index in [2.05, 4.69) is 31.3 Å². The van der Waals surface area contributed by atoms with E-state index in [4.69, 9.17) is 9.73 Å². The lowest BCUT2D eigenvalue weighted by molar-refractivity contribution is 0.185. The smallest absolute Gasteiger partial charge is 0.161 e. The Hall–Kier alpha value is -1.000. The maximum Gasteiger partial charge on any atom is 0.161 e. The lowest BCUT2D eigenvalue weighted by atomic mass is 10.0. The van der Waals surface area contributed by atoms with Crippen molar-refractivity contribution in [3.8, 4) is 0 Å². The summed E-state index contributed by atoms with van der Waals surface area (Å²) in [4.78, 5) is 4.81. The van der Waals surface area contributed by atoms with Crippen LogP contribution in [-0.4, -0.2) is 24.1 Å². The van der Waals surface area contributed by atoms with E-state index in [0.29, 0.717) is 18.6 Å². The van der Waals surface area contributed by atoms with E-state index in [-0.39, 0.29) is 0 Å². The van der Waals surface area contributed by atoms with Gasteiger partial charge in [0.25, 0.3) is 0 Å². The zero-order valence-electron chi connectivity index (χ0n) is 11.8. The SMILES string of the molecule is COCc1ccccc1NC1=NC(C(C)C)CCS1. The molecule has 1 aliphatic rings. The summed E-state index contributed by atoms with van der Waals surface area (Å²) in [5.74, 6) is 1.74. The highest BCUT2D eigenvalue weighted by molar-refractivity contribution is 8.14. The summed E-state index contributed by atoms with van der Waals surface area (Å²) >= 11 is 1.80. The maximum atomic E-state index is 5.23. The molecule has 0 radical (unpaired) electrons. The van der Waals surface area contributed by atoms with E-state index in [1.165, 1.54) is 12.0 Å². The second-order valence-corrected chi connectivity index (χ2v) is 6.18. The third-order valence-electron chi connectivity index (χ3n) is 3.26. The minimum absolute atomic E-state index is 0.443. The molecular formula is C15H22N2OS. The average Bonchev–Trinajstić information content (AvgIpc) is 2.41. The van der Waals surface area contributed by atoms with Crippen molar-refractivity contribution in [3.63, 3.8) is 0 Å². The maximum absolute atomic E-state index is 5.23. The summed E-state index contributed by atoms with van der Waals surface area (Å²) < 4.78 is 5.23. The number of methoxy groups -OCH3 is 1. The van der Waals surface area contributed by atoms with Crippen LogP contribution < -0.4 is 5.32 Å². The average molecular weight is 278 g/mol. The lowest BCUT2D eigenvalue weighted by Gasteiger charge is -2.24. The highest BCUT2D eigenvalue weighted by Gasteiger charge is 2.19. The summed E-state index contributed by atoms with van der Waals surface area (Å²) in [6.45, 7) is 5.09. The highest BCUT2D eigenvalue weighted by Crippen LogP contribution is 2.25. The number of hydrogen-bond donors (Lipinski definition) is 1. The number of anilines is 1. The predicted octanol–water partition coefficient (Wildman–Crippen LogP) is 3.76. The van der Waals surface area contributed by atoms with Crippen LogP contribution in [0.3, 0.4) is 0 Å². The number of ether oxygens (including phenoxy) is 1. The summed E-state index contributed by atoms with van der Waals surface area (Å²) in [6, 6.07) is 8.68. The predicted molar refractivity (Wildman–Crippen MR) is 83.9 cm³/mol. The molecule has 0 saturated carbocycles. The second kappa shape index (κ2) is 6.96. The molecule has 0 bridgehead atoms. The molecule has 0 spiro atoms. The van der Waals surface area contributed by atoms with Crippen molar-refractivity contribution in [1.82, 2.24) is 0 Å². The molecule has 1 unspecified atom stereocenters. The number of thioether (sulfide) groups is 1. The Kier molecular flexibility index (Phi) is 5.28. The summed E-state index contributed by atoms with van der Waals surface area (Å²) in [6.07, 6.45) is 1.17. The minimum atomic E-state index is 0.443. The number of nitrogens with zero attached hydrogens (tertiary/aromatic N) is 1. The molecule has 0 aromatic heterocycles. The normalized spacial score (nSPS) is 19.4. The van der Waals surface area contributed by atoms with E-state index in [1.54, 1.807) is 18.9 Å². The molecule has 2 rings (SSSR count). The van der Waals surface area contributed by atoms with Gasteiger partial charge in [0.15, 0.2) is 5.17 Å². The van der Waals surface area contributed by atoms with Crippen molar-refractivity contribution < 1.29 is 4.74 Å². The van der Waals surface area contributed by atoms with Gasteiger partial charge in [-0.2, -0.15) is 0 Å². The zero-order chi connectivity index (χ0) is 13.7. The Morgan fingerprint density at radius 2 is 2.21 bits per heavy atom. The van der Waals surface area contributed by atoms with Crippen molar-refractivity contribution in [1.29, 1.82) is 0 Å². The first-order valence-electron chi connectivity index (χ1n) is 6.75. The first-order valence-corrected chi connectivity index (χ1v) is 7.73. The third-order valence-corrected chi connectivity index (χ3v) is 4.18. The van der Waals surface area contributed by atoms with Gasteiger partial charge in [-0.1, -0.05) is 43.8 Å². The number of amidine groups is 1. The molecule has 0 saturated heterocycles. The van der Waals surface area contributed by atoms with Gasteiger partial charge >= 0.3 is 0 Å². The first kappa shape index (κ1) is 14.4. The van der Waals surface area contributed by atoms with E-state index in [9.17, 15) is 0 Å². The van der Waals surface area contributed by atoms with Gasteiger partial charge in [-0.25, -0.2) is 0 Å². The van der Waals surface area contributed by atoms with Crippen LogP contribution in [0.4, 0.5) is 5.69 Å². The van der Waals surface area contributed by atoms with Crippen LogP contribution in [0, 0.1) is 5.92 Å². The fraction of sp³-hybridized carbons (Fsp3) is 0.533. The van der Waals surface area contributed by atoms with E-state index >= 15 is 0 Å². The van der Waals surface area contributed by atoms with Gasteiger partial charge in [0.1, 0.15) is 0 Å². The van der Waals surface area contributed by atoms with Gasteiger partial charge < -0.3 is 10.1 Å². The van der Waals surface area contributed by atoms with Gasteiger partial charge in [0, 0.05) is 24.1 Å². The number of aliphatic imine (C=N–C) groups is 1. The van der Waals surface area contributed by atoms with Gasteiger partial charge in [0.2, 0.25) is 0 Å². The fourth-order valence-corrected chi connectivity index (χ4v) is 3.06. The van der Waals surface area contributed by atoms with Crippen molar-refractivity contribution in [2.45, 2.75) is 32.9 Å². The Morgan fingerprint density at radius 3 is 2.95 bits per heavy atom. The van der Waals surface area contributed by atoms with Crippen molar-refractivity contribution in [2.24, 2.45) is 10.9 Å². The summed E-state index contributed by atoms with van der Waals surface area (Å²) in [5, 5.41) is 4.49. The second-order valence-electron chi connectivity index (χ2n) is 5.10. The van der Waals surface area contributed by atoms with Crippen LogP contribution in [0.2, 0.25) is 0 Å². The molecule has 1 aliphatic heterocycles. The molecule has 1 heterocycles. The molecule has 19 heavy (non-hydrogen) atoms. The first-order chi connectivity index (χ1) is 9.20. The molecule has 0 amide bonds. The number of nitrogens with one attached hydrogen (secondary N) is 1. The Labute approximate surface area is 119 Å². The van der Waals surface area contributed by atoms with Gasteiger partial charge in [0.05, 0.1) is 12.6 Å². The van der Waals surface area contributed by atoms with Gasteiger partial charge in [-0.3, -0.25) is 4.99 Å².